The summed E-state index contributed by atoms with van der Waals surface area (Å²) in [4.78, 5) is 30.9. The Labute approximate surface area is 364 Å². The SMILES string of the molecule is Cc1cc(COCCC(O)O)cc(-c2cc(-n3cnc(Cc4ccc(COCCC(=O)O)cc4-c4cc(-n5ccnc5)c5ccc(Cl)c(C)c5n4)c3)c3ccc(C)c(C)c3n2)c1. The number of aliphatic carboxylic acids is 1. The molecule has 0 fully saturated rings. The van der Waals surface area contributed by atoms with Crippen LogP contribution in [0.2, 0.25) is 5.02 Å². The molecule has 0 aliphatic carbocycles. The Kier molecular flexibility index (Phi) is 12.6. The van der Waals surface area contributed by atoms with E-state index in [1.807, 2.05) is 49.1 Å². The van der Waals surface area contributed by atoms with E-state index in [0.717, 1.165) is 100 Å². The van der Waals surface area contributed by atoms with Gasteiger partial charge in [0.2, 0.25) is 0 Å². The van der Waals surface area contributed by atoms with Crippen molar-refractivity contribution in [2.75, 3.05) is 13.2 Å². The lowest BCUT2D eigenvalue weighted by Crippen LogP contribution is -2.08. The van der Waals surface area contributed by atoms with Gasteiger partial charge in [-0.2, -0.15) is 0 Å². The predicted molar refractivity (Wildman–Crippen MR) is 240 cm³/mol. The molecule has 3 N–H and O–H groups in total. The zero-order chi connectivity index (χ0) is 43.5. The number of aromatic nitrogens is 6. The molecule has 8 aromatic rings. The third-order valence-corrected chi connectivity index (χ3v) is 11.5. The Bertz CT molecular complexity index is 2930. The van der Waals surface area contributed by atoms with Crippen molar-refractivity contribution in [3.8, 4) is 33.9 Å². The van der Waals surface area contributed by atoms with Crippen LogP contribution in [0.25, 0.3) is 55.7 Å². The molecule has 316 valence electrons. The van der Waals surface area contributed by atoms with Gasteiger partial charge in [-0.25, -0.2) is 19.9 Å². The van der Waals surface area contributed by atoms with Crippen LogP contribution in [0.1, 0.15) is 57.5 Å². The van der Waals surface area contributed by atoms with Crippen molar-refractivity contribution >= 4 is 39.4 Å². The lowest BCUT2D eigenvalue weighted by molar-refractivity contribution is -0.138. The minimum Gasteiger partial charge on any atom is -0.481 e. The van der Waals surface area contributed by atoms with Crippen LogP contribution in [0.5, 0.6) is 0 Å². The Morgan fingerprint density at radius 3 is 2.27 bits per heavy atom. The largest absolute Gasteiger partial charge is 0.481 e. The quantitative estimate of drug-likeness (QED) is 0.0633. The minimum absolute atomic E-state index is 0.0822. The van der Waals surface area contributed by atoms with Crippen molar-refractivity contribution in [1.29, 1.82) is 0 Å². The zero-order valence-corrected chi connectivity index (χ0v) is 35.7. The fourth-order valence-electron chi connectivity index (χ4n) is 7.72. The summed E-state index contributed by atoms with van der Waals surface area (Å²) in [7, 11) is 0. The van der Waals surface area contributed by atoms with Crippen LogP contribution < -0.4 is 0 Å². The van der Waals surface area contributed by atoms with Crippen molar-refractivity contribution in [3.63, 3.8) is 0 Å². The number of fused-ring (bicyclic) bond motifs is 2. The van der Waals surface area contributed by atoms with Crippen molar-refractivity contribution in [1.82, 2.24) is 29.1 Å². The number of carboxylic acid groups (broad SMARTS) is 1. The molecular weight excluding hydrogens is 804 g/mol. The smallest absolute Gasteiger partial charge is 0.305 e. The maximum Gasteiger partial charge on any atom is 0.305 e. The van der Waals surface area contributed by atoms with Gasteiger partial charge in [0.25, 0.3) is 0 Å². The van der Waals surface area contributed by atoms with E-state index in [1.165, 1.54) is 0 Å². The molecule has 4 heterocycles. The van der Waals surface area contributed by atoms with Crippen LogP contribution in [0.3, 0.4) is 0 Å². The van der Waals surface area contributed by atoms with E-state index in [4.69, 9.17) is 41.1 Å². The second-order valence-electron chi connectivity index (χ2n) is 15.7. The number of pyridine rings is 2. The fourth-order valence-corrected chi connectivity index (χ4v) is 7.87. The van der Waals surface area contributed by atoms with Gasteiger partial charge in [0.15, 0.2) is 6.29 Å². The molecule has 4 aromatic carbocycles. The highest BCUT2D eigenvalue weighted by molar-refractivity contribution is 6.32. The molecule has 62 heavy (non-hydrogen) atoms. The topological polar surface area (TPSA) is 158 Å². The first-order valence-electron chi connectivity index (χ1n) is 20.4. The maximum absolute atomic E-state index is 11.2. The molecule has 12 nitrogen and oxygen atoms in total. The average Bonchev–Trinajstić information content (AvgIpc) is 3.97. The van der Waals surface area contributed by atoms with Gasteiger partial charge in [-0.15, -0.1) is 0 Å². The minimum atomic E-state index is -1.41. The van der Waals surface area contributed by atoms with Crippen molar-refractivity contribution in [2.24, 2.45) is 0 Å². The number of carboxylic acids is 1. The second kappa shape index (κ2) is 18.4. The lowest BCUT2D eigenvalue weighted by atomic mass is 9.96. The monoisotopic (exact) mass is 850 g/mol. The number of imidazole rings is 2. The molecule has 0 aliphatic heterocycles. The van der Waals surface area contributed by atoms with E-state index in [1.54, 1.807) is 12.5 Å². The summed E-state index contributed by atoms with van der Waals surface area (Å²) in [6, 6.07) is 24.6. The molecule has 0 atom stereocenters. The molecule has 0 saturated heterocycles. The van der Waals surface area contributed by atoms with Crippen molar-refractivity contribution < 1.29 is 29.6 Å². The number of aliphatic hydroxyl groups is 2. The first-order valence-corrected chi connectivity index (χ1v) is 20.8. The average molecular weight is 851 g/mol. The van der Waals surface area contributed by atoms with Crippen molar-refractivity contribution in [3.05, 3.63) is 154 Å². The second-order valence-corrected chi connectivity index (χ2v) is 16.1. The first kappa shape index (κ1) is 42.4. The summed E-state index contributed by atoms with van der Waals surface area (Å²) in [5.74, 6) is -0.911. The Hall–Kier alpha value is -6.28. The third kappa shape index (κ3) is 9.30. The summed E-state index contributed by atoms with van der Waals surface area (Å²) in [5.41, 5.74) is 14.7. The molecule has 4 aromatic heterocycles. The van der Waals surface area contributed by atoms with Crippen LogP contribution in [0.15, 0.2) is 104 Å². The molecule has 0 aliphatic rings. The third-order valence-electron chi connectivity index (χ3n) is 11.1. The van der Waals surface area contributed by atoms with Crippen LogP contribution in [-0.4, -0.2) is 69.9 Å². The molecule has 0 amide bonds. The van der Waals surface area contributed by atoms with E-state index in [2.05, 4.69) is 84.2 Å². The number of aliphatic hydroxyl groups excluding tert-OH is 1. The molecular formula is C49H47ClN6O6. The molecule has 0 radical (unpaired) electrons. The highest BCUT2D eigenvalue weighted by Gasteiger charge is 2.19. The van der Waals surface area contributed by atoms with Crippen LogP contribution >= 0.6 is 11.6 Å². The lowest BCUT2D eigenvalue weighted by Gasteiger charge is -2.16. The highest BCUT2D eigenvalue weighted by Crippen LogP contribution is 2.36. The number of aryl methyl sites for hydroxylation is 4. The number of hydrogen-bond acceptors (Lipinski definition) is 9. The predicted octanol–water partition coefficient (Wildman–Crippen LogP) is 9.17. The van der Waals surface area contributed by atoms with Crippen molar-refractivity contribution in [2.45, 2.75) is 66.5 Å². The van der Waals surface area contributed by atoms with Gasteiger partial charge in [-0.3, -0.25) is 4.79 Å². The molecule has 8 rings (SSSR count). The summed E-state index contributed by atoms with van der Waals surface area (Å²) >= 11 is 6.66. The van der Waals surface area contributed by atoms with Crippen LogP contribution in [-0.2, 0) is 33.9 Å². The van der Waals surface area contributed by atoms with Crippen LogP contribution in [0, 0.1) is 27.7 Å². The summed E-state index contributed by atoms with van der Waals surface area (Å²) in [5, 5.41) is 30.2. The highest BCUT2D eigenvalue weighted by atomic mass is 35.5. The van der Waals surface area contributed by atoms with E-state index in [-0.39, 0.29) is 32.7 Å². The maximum atomic E-state index is 11.2. The normalized spacial score (nSPS) is 11.7. The molecule has 0 bridgehead atoms. The summed E-state index contributed by atoms with van der Waals surface area (Å²) in [6.45, 7) is 9.10. The molecule has 0 spiro atoms. The Balaban J connectivity index is 1.19. The van der Waals surface area contributed by atoms with Gasteiger partial charge < -0.3 is 33.9 Å². The number of nitrogens with zero attached hydrogens (tertiary/aromatic N) is 6. The van der Waals surface area contributed by atoms with Gasteiger partial charge >= 0.3 is 5.97 Å². The molecule has 13 heteroatoms. The van der Waals surface area contributed by atoms with E-state index in [0.29, 0.717) is 18.1 Å². The number of benzene rings is 4. The van der Waals surface area contributed by atoms with Gasteiger partial charge in [0.1, 0.15) is 0 Å². The van der Waals surface area contributed by atoms with E-state index in [9.17, 15) is 15.0 Å². The number of hydrogen-bond donors (Lipinski definition) is 3. The van der Waals surface area contributed by atoms with Gasteiger partial charge in [-0.05, 0) is 104 Å². The van der Waals surface area contributed by atoms with Gasteiger partial charge in [-0.1, -0.05) is 47.5 Å². The molecule has 0 unspecified atom stereocenters. The Morgan fingerprint density at radius 1 is 0.774 bits per heavy atom. The fraction of sp³-hybridized carbons (Fsp3) is 0.245. The van der Waals surface area contributed by atoms with E-state index < -0.39 is 12.3 Å². The summed E-state index contributed by atoms with van der Waals surface area (Å²) < 4.78 is 15.6. The number of halogens is 1. The van der Waals surface area contributed by atoms with Gasteiger partial charge in [0, 0.05) is 58.4 Å². The molecule has 0 saturated carbocycles. The van der Waals surface area contributed by atoms with Gasteiger partial charge in [0.05, 0.1) is 85.0 Å². The number of carbonyl (C=O) groups is 1. The van der Waals surface area contributed by atoms with E-state index >= 15 is 0 Å². The Morgan fingerprint density at radius 2 is 1.50 bits per heavy atom. The first-order chi connectivity index (χ1) is 29.9. The zero-order valence-electron chi connectivity index (χ0n) is 35.0. The summed E-state index contributed by atoms with van der Waals surface area (Å²) in [6.07, 6.45) is 8.44. The number of ether oxygens (including phenoxy) is 2. The van der Waals surface area contributed by atoms with Crippen LogP contribution in [0.4, 0.5) is 0 Å². The number of rotatable bonds is 16. The standard InChI is InChI=1S/C49H47ClN6O6/c1-29-17-34(26-62-16-12-47(59)60)19-36(18-29)42-22-45(38-8-5-30(2)31(3)48(38)53-42)56-24-37(52-28-56)21-35-7-6-33(25-61-15-11-46(57)58)20-40(35)43-23-44(55-14-13-51-27-55)39-9-10-41(50)32(4)49(39)54-43/h5-10,13-14,17-20,22-24,27-28,47,59-60H,11-12,15-16,21,25-26H2,1-4H3,(H,57,58).